The summed E-state index contributed by atoms with van der Waals surface area (Å²) in [5, 5.41) is 12.5. The summed E-state index contributed by atoms with van der Waals surface area (Å²) < 4.78 is 17.8. The van der Waals surface area contributed by atoms with Gasteiger partial charge in [-0.2, -0.15) is 0 Å². The molecule has 1 unspecified atom stereocenters. The van der Waals surface area contributed by atoms with E-state index < -0.39 is 23.5 Å². The number of aliphatic hydroxyl groups excluding tert-OH is 1. The van der Waals surface area contributed by atoms with Crippen LogP contribution in [-0.4, -0.2) is 60.7 Å². The van der Waals surface area contributed by atoms with Crippen molar-refractivity contribution in [1.29, 1.82) is 0 Å². The van der Waals surface area contributed by atoms with E-state index in [0.717, 1.165) is 10.9 Å². The average Bonchev–Trinajstić information content (AvgIpc) is 3.32. The van der Waals surface area contributed by atoms with Crippen LogP contribution in [0.25, 0.3) is 16.7 Å². The van der Waals surface area contributed by atoms with Gasteiger partial charge in [0, 0.05) is 50.0 Å². The van der Waals surface area contributed by atoms with Gasteiger partial charge in [0.1, 0.15) is 10.8 Å². The quantitative estimate of drug-likeness (QED) is 0.191. The third kappa shape index (κ3) is 4.19. The van der Waals surface area contributed by atoms with Crippen LogP contribution in [0.15, 0.2) is 42.1 Å². The molecule has 1 aliphatic rings. The van der Waals surface area contributed by atoms with Crippen molar-refractivity contribution in [3.8, 4) is 11.5 Å². The van der Waals surface area contributed by atoms with E-state index in [1.165, 1.54) is 25.2 Å². The minimum Gasteiger partial charge on any atom is -0.507 e. The number of para-hydroxylation sites is 1. The van der Waals surface area contributed by atoms with Crippen LogP contribution in [0.3, 0.4) is 0 Å². The molecule has 1 amide bonds. The molecule has 3 aromatic rings. The van der Waals surface area contributed by atoms with Crippen molar-refractivity contribution in [3.63, 3.8) is 0 Å². The molecular formula is C26H26Cl2N2O6. The van der Waals surface area contributed by atoms with Gasteiger partial charge in [-0.15, -0.1) is 0 Å². The maximum Gasteiger partial charge on any atom is 0.295 e. The van der Waals surface area contributed by atoms with E-state index in [9.17, 15) is 14.7 Å². The molecule has 1 N–H and O–H groups in total. The monoisotopic (exact) mass is 532 g/mol. The molecule has 36 heavy (non-hydrogen) atoms. The normalized spacial score (nSPS) is 17.3. The van der Waals surface area contributed by atoms with E-state index in [2.05, 4.69) is 0 Å². The number of aromatic nitrogens is 1. The van der Waals surface area contributed by atoms with Gasteiger partial charge in [-0.25, -0.2) is 0 Å². The summed E-state index contributed by atoms with van der Waals surface area (Å²) in [7, 11) is 6.23. The third-order valence-corrected chi connectivity index (χ3v) is 6.93. The van der Waals surface area contributed by atoms with E-state index in [4.69, 9.17) is 37.4 Å². The van der Waals surface area contributed by atoms with E-state index >= 15 is 0 Å². The molecule has 1 saturated heterocycles. The standard InChI is InChI=1S/C26H26Cl2N2O6/c1-29-13-16(14-8-5-6-9-18(14)29)21-19(23(32)26(33)30(21)10-7-11-34-2)22(31)15-12-17(27)25(36-4)20(28)24(15)35-3/h5-6,8-9,12-13,21,31H,7,10-11H2,1-4H3/b22-19+. The number of hydrogen-bond donors (Lipinski definition) is 1. The van der Waals surface area contributed by atoms with Gasteiger partial charge < -0.3 is 28.8 Å². The van der Waals surface area contributed by atoms with Crippen molar-refractivity contribution in [2.24, 2.45) is 7.05 Å². The summed E-state index contributed by atoms with van der Waals surface area (Å²) in [6, 6.07) is 8.21. The first-order valence-electron chi connectivity index (χ1n) is 11.2. The lowest BCUT2D eigenvalue weighted by molar-refractivity contribution is -0.140. The Kier molecular flexibility index (Phi) is 7.49. The second kappa shape index (κ2) is 10.4. The molecule has 2 aromatic carbocycles. The maximum absolute atomic E-state index is 13.4. The van der Waals surface area contributed by atoms with E-state index in [1.54, 1.807) is 7.11 Å². The van der Waals surface area contributed by atoms with Crippen LogP contribution in [-0.2, 0) is 21.4 Å². The van der Waals surface area contributed by atoms with Gasteiger partial charge in [0.05, 0.1) is 36.4 Å². The predicted octanol–water partition coefficient (Wildman–Crippen LogP) is 4.96. The summed E-state index contributed by atoms with van der Waals surface area (Å²) in [6.45, 7) is 0.660. The number of benzene rings is 2. The van der Waals surface area contributed by atoms with Crippen LogP contribution in [0.4, 0.5) is 0 Å². The lowest BCUT2D eigenvalue weighted by Gasteiger charge is -2.25. The number of aliphatic hydroxyl groups is 1. The number of Topliss-reactive ketones (excluding diaryl/α,β-unsaturated/α-hetero) is 1. The fourth-order valence-corrected chi connectivity index (χ4v) is 5.38. The smallest absolute Gasteiger partial charge is 0.295 e. The lowest BCUT2D eigenvalue weighted by Crippen LogP contribution is -2.31. The topological polar surface area (TPSA) is 90.2 Å². The first kappa shape index (κ1) is 25.9. The number of carbonyl (C=O) groups is 2. The second-order valence-corrected chi connectivity index (χ2v) is 9.12. The molecule has 0 radical (unpaired) electrons. The van der Waals surface area contributed by atoms with Crippen molar-refractivity contribution in [1.82, 2.24) is 9.47 Å². The van der Waals surface area contributed by atoms with Crippen molar-refractivity contribution >= 4 is 51.6 Å². The Bertz CT molecular complexity index is 1380. The zero-order chi connectivity index (χ0) is 26.1. The highest BCUT2D eigenvalue weighted by Gasteiger charge is 2.47. The van der Waals surface area contributed by atoms with Crippen LogP contribution < -0.4 is 9.47 Å². The van der Waals surface area contributed by atoms with Gasteiger partial charge in [-0.05, 0) is 18.6 Å². The first-order chi connectivity index (χ1) is 17.3. The number of hydrogen-bond acceptors (Lipinski definition) is 6. The highest BCUT2D eigenvalue weighted by molar-refractivity contribution is 6.47. The Labute approximate surface area is 218 Å². The molecule has 0 aliphatic carbocycles. The van der Waals surface area contributed by atoms with Crippen LogP contribution in [0.1, 0.15) is 23.6 Å². The van der Waals surface area contributed by atoms with Gasteiger partial charge in [0.25, 0.3) is 11.7 Å². The molecule has 1 atom stereocenters. The minimum atomic E-state index is -0.850. The highest BCUT2D eigenvalue weighted by Crippen LogP contribution is 2.48. The summed E-state index contributed by atoms with van der Waals surface area (Å²) in [6.07, 6.45) is 2.37. The molecule has 4 rings (SSSR count). The summed E-state index contributed by atoms with van der Waals surface area (Å²) in [5.74, 6) is -1.73. The highest BCUT2D eigenvalue weighted by atomic mass is 35.5. The van der Waals surface area contributed by atoms with Gasteiger partial charge in [-0.1, -0.05) is 41.4 Å². The Balaban J connectivity index is 1.99. The largest absolute Gasteiger partial charge is 0.507 e. The van der Waals surface area contributed by atoms with Crippen LogP contribution in [0, 0.1) is 0 Å². The zero-order valence-electron chi connectivity index (χ0n) is 20.3. The number of aryl methyl sites for hydroxylation is 1. The molecule has 0 saturated carbocycles. The van der Waals surface area contributed by atoms with Crippen LogP contribution in [0.2, 0.25) is 10.0 Å². The lowest BCUT2D eigenvalue weighted by atomic mass is 9.94. The van der Waals surface area contributed by atoms with E-state index in [0.29, 0.717) is 18.6 Å². The summed E-state index contributed by atoms with van der Waals surface area (Å²) in [4.78, 5) is 28.1. The number of halogens is 2. The van der Waals surface area contributed by atoms with Crippen molar-refractivity contribution < 1.29 is 28.9 Å². The SMILES string of the molecule is COCCCN1C(=O)C(=O)/C(=C(/O)c2cc(Cl)c(OC)c(Cl)c2OC)C1c1cn(C)c2ccccc12. The summed E-state index contributed by atoms with van der Waals surface area (Å²) in [5.41, 5.74) is 1.62. The number of rotatable bonds is 8. The van der Waals surface area contributed by atoms with Gasteiger partial charge in [-0.3, -0.25) is 9.59 Å². The molecule has 1 fully saturated rings. The molecule has 1 aromatic heterocycles. The second-order valence-electron chi connectivity index (χ2n) is 8.34. The van der Waals surface area contributed by atoms with Crippen molar-refractivity contribution in [3.05, 3.63) is 63.3 Å². The molecule has 1 aliphatic heterocycles. The van der Waals surface area contributed by atoms with Crippen LogP contribution in [0.5, 0.6) is 11.5 Å². The average molecular weight is 533 g/mol. The fraction of sp³-hybridized carbons (Fsp3) is 0.308. The van der Waals surface area contributed by atoms with Gasteiger partial charge >= 0.3 is 0 Å². The molecule has 10 heteroatoms. The van der Waals surface area contributed by atoms with Crippen molar-refractivity contribution in [2.45, 2.75) is 12.5 Å². The number of ether oxygens (including phenoxy) is 3. The van der Waals surface area contributed by atoms with Gasteiger partial charge in [0.15, 0.2) is 11.5 Å². The molecule has 8 nitrogen and oxygen atoms in total. The number of carbonyl (C=O) groups excluding carboxylic acids is 2. The predicted molar refractivity (Wildman–Crippen MR) is 138 cm³/mol. The Hall–Kier alpha value is -3.20. The number of nitrogens with zero attached hydrogens (tertiary/aromatic N) is 2. The minimum absolute atomic E-state index is 0.0325. The zero-order valence-corrected chi connectivity index (χ0v) is 21.8. The van der Waals surface area contributed by atoms with Crippen LogP contribution >= 0.6 is 23.2 Å². The van der Waals surface area contributed by atoms with Gasteiger partial charge in [0.2, 0.25) is 0 Å². The Morgan fingerprint density at radius 3 is 2.44 bits per heavy atom. The fourth-order valence-electron chi connectivity index (χ4n) is 4.70. The number of amides is 1. The summed E-state index contributed by atoms with van der Waals surface area (Å²) >= 11 is 12.8. The molecule has 0 bridgehead atoms. The number of methoxy groups -OCH3 is 3. The first-order valence-corrected chi connectivity index (χ1v) is 11.9. The number of ketones is 1. The number of fused-ring (bicyclic) bond motifs is 1. The number of likely N-dealkylation sites (tertiary alicyclic amines) is 1. The molecule has 2 heterocycles. The van der Waals surface area contributed by atoms with E-state index in [-0.39, 0.29) is 39.2 Å². The molecule has 0 spiro atoms. The molecule has 190 valence electrons. The van der Waals surface area contributed by atoms with Crippen molar-refractivity contribution in [2.75, 3.05) is 34.5 Å². The maximum atomic E-state index is 13.4. The third-order valence-electron chi connectivity index (χ3n) is 6.30. The van der Waals surface area contributed by atoms with E-state index in [1.807, 2.05) is 42.1 Å². The Morgan fingerprint density at radius 2 is 1.78 bits per heavy atom. The molecular weight excluding hydrogens is 507 g/mol. The Morgan fingerprint density at radius 1 is 1.08 bits per heavy atom.